The van der Waals surface area contributed by atoms with Gasteiger partial charge in [0.1, 0.15) is 0 Å². The molecular formula is C10H10N4OS3. The Labute approximate surface area is 116 Å². The number of hydrogen-bond donors (Lipinski definition) is 2. The molecule has 0 atom stereocenters. The van der Waals surface area contributed by atoms with Crippen LogP contribution >= 0.6 is 34.9 Å². The molecule has 18 heavy (non-hydrogen) atoms. The summed E-state index contributed by atoms with van der Waals surface area (Å²) in [6, 6.07) is 5.16. The van der Waals surface area contributed by atoms with E-state index in [-0.39, 0.29) is 0 Å². The van der Waals surface area contributed by atoms with Crippen molar-refractivity contribution >= 4 is 46.5 Å². The van der Waals surface area contributed by atoms with E-state index in [9.17, 15) is 4.79 Å². The lowest BCUT2D eigenvalue weighted by atomic mass is 10.2. The Kier molecular flexibility index (Phi) is 4.10. The van der Waals surface area contributed by atoms with Crippen LogP contribution in [-0.2, 0) is 0 Å². The van der Waals surface area contributed by atoms with Crippen molar-refractivity contribution in [1.29, 1.82) is 0 Å². The summed E-state index contributed by atoms with van der Waals surface area (Å²) in [4.78, 5) is 12.0. The molecule has 0 radical (unpaired) electrons. The van der Waals surface area contributed by atoms with Crippen molar-refractivity contribution < 1.29 is 4.79 Å². The average Bonchev–Trinajstić information content (AvgIpc) is 2.79. The monoisotopic (exact) mass is 298 g/mol. The van der Waals surface area contributed by atoms with Gasteiger partial charge in [0.05, 0.1) is 5.56 Å². The number of carbonyl (C=O) groups is 1. The summed E-state index contributed by atoms with van der Waals surface area (Å²) in [7, 11) is 0. The van der Waals surface area contributed by atoms with Crippen LogP contribution < -0.4 is 11.5 Å². The molecule has 1 aromatic carbocycles. The molecule has 0 spiro atoms. The maximum atomic E-state index is 11.2. The molecule has 8 heteroatoms. The van der Waals surface area contributed by atoms with Crippen molar-refractivity contribution in [2.75, 3.05) is 12.0 Å². The number of nitrogens with two attached hydrogens (primary N) is 2. The number of hydrogen-bond acceptors (Lipinski definition) is 7. The van der Waals surface area contributed by atoms with Gasteiger partial charge in [-0.15, -0.1) is 10.2 Å². The SMILES string of the molecule is CSc1nnc(Sc2ccc(N)c(C(N)=O)c2)s1. The van der Waals surface area contributed by atoms with Gasteiger partial charge in [-0.25, -0.2) is 0 Å². The number of rotatable bonds is 4. The van der Waals surface area contributed by atoms with Crippen LogP contribution in [0.5, 0.6) is 0 Å². The quantitative estimate of drug-likeness (QED) is 0.663. The molecule has 0 aliphatic rings. The van der Waals surface area contributed by atoms with E-state index in [0.717, 1.165) is 13.6 Å². The summed E-state index contributed by atoms with van der Waals surface area (Å²) in [5.74, 6) is -0.531. The highest BCUT2D eigenvalue weighted by Gasteiger charge is 2.10. The summed E-state index contributed by atoms with van der Waals surface area (Å²) >= 11 is 4.48. The Morgan fingerprint density at radius 1 is 1.33 bits per heavy atom. The topological polar surface area (TPSA) is 94.9 Å². The lowest BCUT2D eigenvalue weighted by Gasteiger charge is -2.03. The van der Waals surface area contributed by atoms with Gasteiger partial charge in [0, 0.05) is 10.6 Å². The smallest absolute Gasteiger partial charge is 0.250 e. The number of aromatic nitrogens is 2. The van der Waals surface area contributed by atoms with Gasteiger partial charge in [-0.1, -0.05) is 34.9 Å². The fourth-order valence-corrected chi connectivity index (χ4v) is 3.69. The highest BCUT2D eigenvalue weighted by atomic mass is 32.2. The van der Waals surface area contributed by atoms with Crippen molar-refractivity contribution in [3.8, 4) is 0 Å². The second-order valence-corrected chi connectivity index (χ2v) is 6.60. The van der Waals surface area contributed by atoms with Gasteiger partial charge in [-0.2, -0.15) is 0 Å². The molecule has 1 amide bonds. The molecule has 5 nitrogen and oxygen atoms in total. The first-order chi connectivity index (χ1) is 8.60. The van der Waals surface area contributed by atoms with E-state index < -0.39 is 5.91 Å². The first-order valence-corrected chi connectivity index (χ1v) is 7.70. The van der Waals surface area contributed by atoms with Crippen molar-refractivity contribution in [3.05, 3.63) is 23.8 Å². The largest absolute Gasteiger partial charge is 0.398 e. The summed E-state index contributed by atoms with van der Waals surface area (Å²) in [6.45, 7) is 0. The molecule has 0 bridgehead atoms. The predicted molar refractivity (Wildman–Crippen MR) is 75.2 cm³/mol. The Bertz CT molecular complexity index is 584. The van der Waals surface area contributed by atoms with Gasteiger partial charge in [-0.3, -0.25) is 4.79 Å². The molecule has 0 aliphatic heterocycles. The average molecular weight is 298 g/mol. The van der Waals surface area contributed by atoms with Gasteiger partial charge in [0.2, 0.25) is 0 Å². The van der Waals surface area contributed by atoms with E-state index in [4.69, 9.17) is 11.5 Å². The molecule has 0 saturated heterocycles. The van der Waals surface area contributed by atoms with Gasteiger partial charge in [0.25, 0.3) is 5.91 Å². The minimum absolute atomic E-state index is 0.328. The van der Waals surface area contributed by atoms with Crippen molar-refractivity contribution in [2.24, 2.45) is 5.73 Å². The molecule has 2 rings (SSSR count). The molecule has 0 fully saturated rings. The van der Waals surface area contributed by atoms with Crippen LogP contribution in [0.4, 0.5) is 5.69 Å². The van der Waals surface area contributed by atoms with Crippen molar-refractivity contribution in [1.82, 2.24) is 10.2 Å². The van der Waals surface area contributed by atoms with E-state index in [1.807, 2.05) is 12.3 Å². The number of nitrogens with zero attached hydrogens (tertiary/aromatic N) is 2. The van der Waals surface area contributed by atoms with E-state index in [1.165, 1.54) is 23.1 Å². The van der Waals surface area contributed by atoms with E-state index in [1.54, 1.807) is 23.9 Å². The summed E-state index contributed by atoms with van der Waals surface area (Å²) < 4.78 is 1.72. The Morgan fingerprint density at radius 3 is 2.67 bits per heavy atom. The second kappa shape index (κ2) is 5.59. The minimum Gasteiger partial charge on any atom is -0.398 e. The van der Waals surface area contributed by atoms with Crippen molar-refractivity contribution in [3.63, 3.8) is 0 Å². The number of nitrogen functional groups attached to an aromatic ring is 1. The third-order valence-electron chi connectivity index (χ3n) is 2.06. The lowest BCUT2D eigenvalue weighted by Crippen LogP contribution is -2.13. The zero-order chi connectivity index (χ0) is 13.1. The van der Waals surface area contributed by atoms with Crippen LogP contribution in [0.15, 0.2) is 31.8 Å². The maximum absolute atomic E-state index is 11.2. The van der Waals surface area contributed by atoms with E-state index in [2.05, 4.69) is 10.2 Å². The molecule has 4 N–H and O–H groups in total. The second-order valence-electron chi connectivity index (χ2n) is 3.25. The van der Waals surface area contributed by atoms with Gasteiger partial charge >= 0.3 is 0 Å². The lowest BCUT2D eigenvalue weighted by molar-refractivity contribution is 0.100. The van der Waals surface area contributed by atoms with Gasteiger partial charge < -0.3 is 11.5 Å². The molecule has 1 aromatic heterocycles. The summed E-state index contributed by atoms with van der Waals surface area (Å²) in [5.41, 5.74) is 11.6. The number of amides is 1. The molecule has 0 unspecified atom stereocenters. The van der Waals surface area contributed by atoms with Crippen LogP contribution in [-0.4, -0.2) is 22.4 Å². The van der Waals surface area contributed by atoms with E-state index in [0.29, 0.717) is 11.3 Å². The molecule has 0 saturated carbocycles. The van der Waals surface area contributed by atoms with Crippen molar-refractivity contribution in [2.45, 2.75) is 13.6 Å². The van der Waals surface area contributed by atoms with Gasteiger partial charge in [0.15, 0.2) is 8.68 Å². The molecule has 94 valence electrons. The fourth-order valence-electron chi connectivity index (χ4n) is 1.23. The minimum atomic E-state index is -0.531. The highest BCUT2D eigenvalue weighted by molar-refractivity contribution is 8.03. The zero-order valence-electron chi connectivity index (χ0n) is 9.41. The molecule has 0 aliphatic carbocycles. The number of carbonyl (C=O) groups excluding carboxylic acids is 1. The van der Waals surface area contributed by atoms with Gasteiger partial charge in [-0.05, 0) is 24.5 Å². The first kappa shape index (κ1) is 13.2. The third-order valence-corrected chi connectivity index (χ3v) is 5.00. The van der Waals surface area contributed by atoms with Crippen LogP contribution in [0.25, 0.3) is 0 Å². The summed E-state index contributed by atoms with van der Waals surface area (Å²) in [6.07, 6.45) is 1.95. The Morgan fingerprint density at radius 2 is 2.06 bits per heavy atom. The first-order valence-electron chi connectivity index (χ1n) is 4.85. The third kappa shape index (κ3) is 2.95. The molecule has 1 heterocycles. The van der Waals surface area contributed by atoms with Crippen LogP contribution in [0, 0.1) is 0 Å². The Hall–Kier alpha value is -1.25. The molecular weight excluding hydrogens is 288 g/mol. The molecule has 2 aromatic rings. The van der Waals surface area contributed by atoms with Crippen LogP contribution in [0.1, 0.15) is 10.4 Å². The van der Waals surface area contributed by atoms with Crippen LogP contribution in [0.3, 0.4) is 0 Å². The Balaban J connectivity index is 2.24. The zero-order valence-corrected chi connectivity index (χ0v) is 11.9. The highest BCUT2D eigenvalue weighted by Crippen LogP contribution is 2.33. The predicted octanol–water partition coefficient (Wildman–Crippen LogP) is 2.09. The number of anilines is 1. The summed E-state index contributed by atoms with van der Waals surface area (Å²) in [5, 5.41) is 8.04. The normalized spacial score (nSPS) is 10.5. The number of benzene rings is 1. The van der Waals surface area contributed by atoms with Crippen LogP contribution in [0.2, 0.25) is 0 Å². The number of thioether (sulfide) groups is 1. The maximum Gasteiger partial charge on any atom is 0.250 e. The van der Waals surface area contributed by atoms with E-state index >= 15 is 0 Å². The fraction of sp³-hybridized carbons (Fsp3) is 0.100. The standard InChI is InChI=1S/C10H10N4OS3/c1-16-9-13-14-10(18-9)17-5-2-3-7(11)6(4-5)8(12)15/h2-4H,11H2,1H3,(H2,12,15). The number of primary amides is 1.